The fourth-order valence-electron chi connectivity index (χ4n) is 2.82. The lowest BCUT2D eigenvalue weighted by Gasteiger charge is -2.28. The predicted octanol–water partition coefficient (Wildman–Crippen LogP) is 5.99. The van der Waals surface area contributed by atoms with Gasteiger partial charge in [-0.05, 0) is 28.8 Å². The molecule has 1 atom stereocenters. The fraction of sp³-hybridized carbons (Fsp3) is 0.824. The molecule has 0 fully saturated rings. The van der Waals surface area contributed by atoms with Gasteiger partial charge in [0.1, 0.15) is 0 Å². The first-order chi connectivity index (χ1) is 9.53. The Morgan fingerprint density at radius 1 is 1.05 bits per heavy atom. The lowest BCUT2D eigenvalue weighted by atomic mass is 9.77. The highest BCUT2D eigenvalue weighted by Crippen LogP contribution is 2.35. The van der Waals surface area contributed by atoms with Crippen LogP contribution in [0.1, 0.15) is 84.3 Å². The van der Waals surface area contributed by atoms with E-state index in [-0.39, 0.29) is 5.41 Å². The summed E-state index contributed by atoms with van der Waals surface area (Å²) in [6.07, 6.45) is 14.0. The number of rotatable bonds is 10. The van der Waals surface area contributed by atoms with Gasteiger partial charge in [0, 0.05) is 18.7 Å². The van der Waals surface area contributed by atoms with Crippen LogP contribution < -0.4 is 0 Å². The molecule has 1 rings (SSSR count). The molecular weight excluding hydrogens is 312 g/mol. The standard InChI is InChI=1S/C17H31BrN2/c1-5-7-9-11-13-17(3,12-10-8-6-2)15-14-20(4)16(18)19-15/h14H,5-13H2,1-4H3. The zero-order valence-electron chi connectivity index (χ0n) is 13.7. The van der Waals surface area contributed by atoms with E-state index in [0.29, 0.717) is 0 Å². The third-order valence-electron chi connectivity index (χ3n) is 4.35. The van der Waals surface area contributed by atoms with Crippen LogP contribution >= 0.6 is 15.9 Å². The molecule has 116 valence electrons. The number of imidazole rings is 1. The summed E-state index contributed by atoms with van der Waals surface area (Å²) in [5, 5.41) is 0. The molecule has 2 nitrogen and oxygen atoms in total. The van der Waals surface area contributed by atoms with E-state index < -0.39 is 0 Å². The van der Waals surface area contributed by atoms with Crippen molar-refractivity contribution in [1.29, 1.82) is 0 Å². The van der Waals surface area contributed by atoms with E-state index in [4.69, 9.17) is 4.98 Å². The summed E-state index contributed by atoms with van der Waals surface area (Å²) < 4.78 is 3.03. The van der Waals surface area contributed by atoms with Gasteiger partial charge < -0.3 is 4.57 Å². The van der Waals surface area contributed by atoms with Crippen LogP contribution in [0.15, 0.2) is 10.9 Å². The Bertz CT molecular complexity index is 367. The van der Waals surface area contributed by atoms with Crippen molar-refractivity contribution in [3.63, 3.8) is 0 Å². The van der Waals surface area contributed by atoms with Gasteiger partial charge in [0.2, 0.25) is 0 Å². The molecule has 0 saturated heterocycles. The first-order valence-corrected chi connectivity index (χ1v) is 9.02. The van der Waals surface area contributed by atoms with Crippen LogP contribution in [0, 0.1) is 0 Å². The van der Waals surface area contributed by atoms with E-state index in [1.54, 1.807) is 0 Å². The van der Waals surface area contributed by atoms with E-state index >= 15 is 0 Å². The number of nitrogens with zero attached hydrogens (tertiary/aromatic N) is 2. The highest BCUT2D eigenvalue weighted by molar-refractivity contribution is 9.10. The molecule has 0 spiro atoms. The molecule has 0 amide bonds. The quantitative estimate of drug-likeness (QED) is 0.477. The van der Waals surface area contributed by atoms with E-state index in [1.165, 1.54) is 63.5 Å². The Hall–Kier alpha value is -0.310. The maximum Gasteiger partial charge on any atom is 0.177 e. The minimum Gasteiger partial charge on any atom is -0.328 e. The average Bonchev–Trinajstić information content (AvgIpc) is 2.76. The highest BCUT2D eigenvalue weighted by atomic mass is 79.9. The van der Waals surface area contributed by atoms with Gasteiger partial charge in [-0.2, -0.15) is 0 Å². The van der Waals surface area contributed by atoms with Gasteiger partial charge in [0.25, 0.3) is 0 Å². The van der Waals surface area contributed by atoms with Crippen molar-refractivity contribution >= 4 is 15.9 Å². The Labute approximate surface area is 133 Å². The van der Waals surface area contributed by atoms with Crippen LogP contribution in [-0.2, 0) is 12.5 Å². The number of unbranched alkanes of at least 4 members (excludes halogenated alkanes) is 5. The summed E-state index contributed by atoms with van der Waals surface area (Å²) in [5.41, 5.74) is 1.51. The summed E-state index contributed by atoms with van der Waals surface area (Å²) in [4.78, 5) is 4.74. The molecule has 0 aliphatic heterocycles. The molecular formula is C17H31BrN2. The molecule has 1 heterocycles. The number of hydrogen-bond donors (Lipinski definition) is 0. The zero-order chi connectivity index (χ0) is 15.0. The van der Waals surface area contributed by atoms with Crippen molar-refractivity contribution in [3.8, 4) is 0 Å². The molecule has 0 N–H and O–H groups in total. The predicted molar refractivity (Wildman–Crippen MR) is 91.2 cm³/mol. The largest absolute Gasteiger partial charge is 0.328 e. The smallest absolute Gasteiger partial charge is 0.177 e. The van der Waals surface area contributed by atoms with Gasteiger partial charge in [-0.1, -0.05) is 65.7 Å². The van der Waals surface area contributed by atoms with Crippen molar-refractivity contribution < 1.29 is 0 Å². The molecule has 0 bridgehead atoms. The van der Waals surface area contributed by atoms with Gasteiger partial charge in [0.15, 0.2) is 4.73 Å². The van der Waals surface area contributed by atoms with E-state index in [0.717, 1.165) is 4.73 Å². The lowest BCUT2D eigenvalue weighted by Crippen LogP contribution is -2.22. The molecule has 0 aromatic carbocycles. The minimum absolute atomic E-state index is 0.243. The molecule has 20 heavy (non-hydrogen) atoms. The Morgan fingerprint density at radius 2 is 1.60 bits per heavy atom. The summed E-state index contributed by atoms with van der Waals surface area (Å²) >= 11 is 3.54. The molecule has 1 aromatic heterocycles. The van der Waals surface area contributed by atoms with Gasteiger partial charge in [0.05, 0.1) is 5.69 Å². The number of aryl methyl sites for hydroxylation is 1. The normalized spacial score (nSPS) is 14.4. The fourth-order valence-corrected chi connectivity index (χ4v) is 3.12. The van der Waals surface area contributed by atoms with Crippen molar-refractivity contribution in [3.05, 3.63) is 16.6 Å². The van der Waals surface area contributed by atoms with Gasteiger partial charge in [-0.25, -0.2) is 4.98 Å². The van der Waals surface area contributed by atoms with Crippen molar-refractivity contribution in [2.45, 2.75) is 84.0 Å². The highest BCUT2D eigenvalue weighted by Gasteiger charge is 2.28. The van der Waals surface area contributed by atoms with Crippen LogP contribution in [-0.4, -0.2) is 9.55 Å². The molecule has 1 aromatic rings. The third kappa shape index (κ3) is 5.23. The Morgan fingerprint density at radius 3 is 2.10 bits per heavy atom. The van der Waals surface area contributed by atoms with Crippen LogP contribution in [0.4, 0.5) is 0 Å². The number of hydrogen-bond acceptors (Lipinski definition) is 1. The lowest BCUT2D eigenvalue weighted by molar-refractivity contribution is 0.357. The molecule has 0 aliphatic rings. The van der Waals surface area contributed by atoms with Crippen LogP contribution in [0.25, 0.3) is 0 Å². The summed E-state index contributed by atoms with van der Waals surface area (Å²) in [6.45, 7) is 6.95. The second-order valence-corrected chi connectivity index (χ2v) is 7.04. The first-order valence-electron chi connectivity index (χ1n) is 8.23. The maximum absolute atomic E-state index is 4.74. The van der Waals surface area contributed by atoms with E-state index in [1.807, 2.05) is 0 Å². The number of aromatic nitrogens is 2. The average molecular weight is 343 g/mol. The molecule has 0 radical (unpaired) electrons. The molecule has 0 aliphatic carbocycles. The second-order valence-electron chi connectivity index (χ2n) is 6.33. The summed E-state index contributed by atoms with van der Waals surface area (Å²) in [5.74, 6) is 0. The summed E-state index contributed by atoms with van der Waals surface area (Å²) in [6, 6.07) is 0. The SMILES string of the molecule is CCCCCCC(C)(CCCCC)c1cn(C)c(Br)n1. The zero-order valence-corrected chi connectivity index (χ0v) is 15.3. The first kappa shape index (κ1) is 17.7. The van der Waals surface area contributed by atoms with Gasteiger partial charge >= 0.3 is 0 Å². The van der Waals surface area contributed by atoms with Crippen molar-refractivity contribution in [2.24, 2.45) is 7.05 Å². The van der Waals surface area contributed by atoms with Crippen LogP contribution in [0.2, 0.25) is 0 Å². The third-order valence-corrected chi connectivity index (χ3v) is 5.09. The number of halogens is 1. The maximum atomic E-state index is 4.74. The molecule has 0 saturated carbocycles. The second kappa shape index (κ2) is 8.86. The van der Waals surface area contributed by atoms with E-state index in [2.05, 4.69) is 54.5 Å². The molecule has 1 unspecified atom stereocenters. The minimum atomic E-state index is 0.243. The Balaban J connectivity index is 2.71. The van der Waals surface area contributed by atoms with E-state index in [9.17, 15) is 0 Å². The van der Waals surface area contributed by atoms with Crippen LogP contribution in [0.3, 0.4) is 0 Å². The van der Waals surface area contributed by atoms with Gasteiger partial charge in [-0.3, -0.25) is 0 Å². The van der Waals surface area contributed by atoms with Crippen molar-refractivity contribution in [1.82, 2.24) is 9.55 Å². The topological polar surface area (TPSA) is 17.8 Å². The Kier molecular flexibility index (Phi) is 7.86. The summed E-state index contributed by atoms with van der Waals surface area (Å²) in [7, 11) is 2.06. The van der Waals surface area contributed by atoms with Crippen molar-refractivity contribution in [2.75, 3.05) is 0 Å². The monoisotopic (exact) mass is 342 g/mol. The molecule has 3 heteroatoms. The van der Waals surface area contributed by atoms with Gasteiger partial charge in [-0.15, -0.1) is 0 Å². The van der Waals surface area contributed by atoms with Crippen LogP contribution in [0.5, 0.6) is 0 Å².